The molecule has 0 saturated carbocycles. The van der Waals surface area contributed by atoms with Gasteiger partial charge in [-0.1, -0.05) is 52.3 Å². The number of anilines is 1. The van der Waals surface area contributed by atoms with Gasteiger partial charge in [-0.25, -0.2) is 4.79 Å². The van der Waals surface area contributed by atoms with E-state index in [4.69, 9.17) is 0 Å². The van der Waals surface area contributed by atoms with Crippen molar-refractivity contribution in [1.29, 1.82) is 0 Å². The van der Waals surface area contributed by atoms with E-state index in [-0.39, 0.29) is 11.5 Å². The predicted octanol–water partition coefficient (Wildman–Crippen LogP) is 5.13. The molecule has 2 N–H and O–H groups in total. The van der Waals surface area contributed by atoms with Gasteiger partial charge in [0.05, 0.1) is 0 Å². The summed E-state index contributed by atoms with van der Waals surface area (Å²) in [7, 11) is 0. The van der Waals surface area contributed by atoms with Crippen molar-refractivity contribution in [2.75, 3.05) is 5.32 Å². The molecule has 0 unspecified atom stereocenters. The van der Waals surface area contributed by atoms with Crippen LogP contribution in [0.5, 0.6) is 0 Å². The fourth-order valence-electron chi connectivity index (χ4n) is 2.30. The Balaban J connectivity index is 1.96. The first-order valence-corrected chi connectivity index (χ1v) is 8.70. The summed E-state index contributed by atoms with van der Waals surface area (Å²) in [5.74, 6) is -1.42. The van der Waals surface area contributed by atoms with Crippen molar-refractivity contribution in [3.63, 3.8) is 0 Å². The van der Waals surface area contributed by atoms with Crippen molar-refractivity contribution in [3.8, 4) is 11.1 Å². The molecule has 0 atom stereocenters. The van der Waals surface area contributed by atoms with Crippen molar-refractivity contribution < 1.29 is 14.7 Å². The van der Waals surface area contributed by atoms with Crippen molar-refractivity contribution in [2.45, 2.75) is 0 Å². The van der Waals surface area contributed by atoms with Gasteiger partial charge in [-0.05, 0) is 23.8 Å². The van der Waals surface area contributed by atoms with Crippen LogP contribution in [0.25, 0.3) is 11.1 Å². The molecule has 0 aliphatic carbocycles. The van der Waals surface area contributed by atoms with Gasteiger partial charge in [0.1, 0.15) is 10.6 Å². The van der Waals surface area contributed by atoms with Gasteiger partial charge in [0.25, 0.3) is 5.91 Å². The molecule has 0 saturated heterocycles. The van der Waals surface area contributed by atoms with Gasteiger partial charge < -0.3 is 10.4 Å². The summed E-state index contributed by atoms with van der Waals surface area (Å²) in [5.41, 5.74) is 1.96. The standard InChI is InChI=1S/C18H12BrNO3S/c19-13-8-4-7-12(9-13)16(21)20-17-15(18(22)23)14(10-24-17)11-5-2-1-3-6-11/h1-10H,(H,20,21)(H,22,23). The molecule has 24 heavy (non-hydrogen) atoms. The maximum absolute atomic E-state index is 12.4. The summed E-state index contributed by atoms with van der Waals surface area (Å²) in [5, 5.41) is 14.3. The normalized spacial score (nSPS) is 10.4. The highest BCUT2D eigenvalue weighted by molar-refractivity contribution is 9.10. The van der Waals surface area contributed by atoms with Crippen LogP contribution < -0.4 is 5.32 Å². The van der Waals surface area contributed by atoms with Crippen LogP contribution >= 0.6 is 27.3 Å². The maximum Gasteiger partial charge on any atom is 0.339 e. The minimum atomic E-state index is -1.07. The highest BCUT2D eigenvalue weighted by Gasteiger charge is 2.21. The molecule has 0 aliphatic heterocycles. The minimum absolute atomic E-state index is 0.106. The number of thiophene rings is 1. The van der Waals surface area contributed by atoms with Gasteiger partial charge in [-0.15, -0.1) is 11.3 Å². The summed E-state index contributed by atoms with van der Waals surface area (Å²) < 4.78 is 0.782. The van der Waals surface area contributed by atoms with Crippen molar-refractivity contribution in [2.24, 2.45) is 0 Å². The molecule has 3 aromatic rings. The molecule has 6 heteroatoms. The van der Waals surface area contributed by atoms with Gasteiger partial charge in [-0.2, -0.15) is 0 Å². The van der Waals surface area contributed by atoms with Crippen LogP contribution in [-0.4, -0.2) is 17.0 Å². The smallest absolute Gasteiger partial charge is 0.339 e. The number of carbonyl (C=O) groups excluding carboxylic acids is 1. The topological polar surface area (TPSA) is 66.4 Å². The number of carbonyl (C=O) groups is 2. The van der Waals surface area contributed by atoms with Crippen LogP contribution in [0.1, 0.15) is 20.7 Å². The molecule has 120 valence electrons. The molecule has 3 rings (SSSR count). The fourth-order valence-corrected chi connectivity index (χ4v) is 3.65. The lowest BCUT2D eigenvalue weighted by atomic mass is 10.0. The average Bonchev–Trinajstić information content (AvgIpc) is 2.99. The first kappa shape index (κ1) is 16.4. The summed E-state index contributed by atoms with van der Waals surface area (Å²) in [6.45, 7) is 0. The Bertz CT molecular complexity index is 906. The number of carboxylic acid groups (broad SMARTS) is 1. The average molecular weight is 402 g/mol. The summed E-state index contributed by atoms with van der Waals surface area (Å²) in [4.78, 5) is 24.1. The zero-order chi connectivity index (χ0) is 17.1. The van der Waals surface area contributed by atoms with E-state index in [9.17, 15) is 14.7 Å². The van der Waals surface area contributed by atoms with Gasteiger partial charge in [0, 0.05) is 21.0 Å². The lowest BCUT2D eigenvalue weighted by Crippen LogP contribution is -2.13. The van der Waals surface area contributed by atoms with Crippen molar-refractivity contribution in [3.05, 3.63) is 75.6 Å². The number of hydrogen-bond acceptors (Lipinski definition) is 3. The van der Waals surface area contributed by atoms with Crippen molar-refractivity contribution in [1.82, 2.24) is 0 Å². The number of amides is 1. The molecular weight excluding hydrogens is 390 g/mol. The van der Waals surface area contributed by atoms with Crippen LogP contribution in [0, 0.1) is 0 Å². The van der Waals surface area contributed by atoms with E-state index < -0.39 is 5.97 Å². The van der Waals surface area contributed by atoms with E-state index in [2.05, 4.69) is 21.2 Å². The number of rotatable bonds is 4. The van der Waals surface area contributed by atoms with E-state index in [1.165, 1.54) is 11.3 Å². The summed E-state index contributed by atoms with van der Waals surface area (Å²) in [6, 6.07) is 16.2. The Hall–Kier alpha value is -2.44. The third-order valence-corrected chi connectivity index (χ3v) is 4.79. The SMILES string of the molecule is O=C(Nc1scc(-c2ccccc2)c1C(=O)O)c1cccc(Br)c1. The van der Waals surface area contributed by atoms with Gasteiger partial charge in [0.15, 0.2) is 0 Å². The number of benzene rings is 2. The van der Waals surface area contributed by atoms with Crippen LogP contribution in [0.15, 0.2) is 64.5 Å². The Morgan fingerprint density at radius 2 is 1.79 bits per heavy atom. The van der Waals surface area contributed by atoms with Crippen LogP contribution in [-0.2, 0) is 0 Å². The zero-order valence-electron chi connectivity index (χ0n) is 12.3. The highest BCUT2D eigenvalue weighted by Crippen LogP contribution is 2.35. The van der Waals surface area contributed by atoms with Crippen molar-refractivity contribution >= 4 is 44.1 Å². The van der Waals surface area contributed by atoms with Crippen LogP contribution in [0.4, 0.5) is 5.00 Å². The summed E-state index contributed by atoms with van der Waals surface area (Å²) >= 11 is 4.52. The lowest BCUT2D eigenvalue weighted by Gasteiger charge is -2.06. The molecule has 4 nitrogen and oxygen atoms in total. The largest absolute Gasteiger partial charge is 0.478 e. The van der Waals surface area contributed by atoms with E-state index in [1.807, 2.05) is 36.4 Å². The lowest BCUT2D eigenvalue weighted by molar-refractivity contribution is 0.0699. The fraction of sp³-hybridized carbons (Fsp3) is 0. The van der Waals surface area contributed by atoms with E-state index in [0.717, 1.165) is 10.0 Å². The van der Waals surface area contributed by atoms with Gasteiger partial charge >= 0.3 is 5.97 Å². The maximum atomic E-state index is 12.4. The molecule has 1 amide bonds. The van der Waals surface area contributed by atoms with Gasteiger partial charge in [0.2, 0.25) is 0 Å². The highest BCUT2D eigenvalue weighted by atomic mass is 79.9. The first-order chi connectivity index (χ1) is 11.6. The number of carboxylic acids is 1. The molecule has 0 bridgehead atoms. The second kappa shape index (κ2) is 6.98. The monoisotopic (exact) mass is 401 g/mol. The molecule has 0 aliphatic rings. The molecule has 1 heterocycles. The van der Waals surface area contributed by atoms with Gasteiger partial charge in [-0.3, -0.25) is 4.79 Å². The number of aromatic carboxylic acids is 1. The second-order valence-electron chi connectivity index (χ2n) is 4.99. The molecule has 0 fully saturated rings. The molecule has 2 aromatic carbocycles. The Labute approximate surface area is 150 Å². The third kappa shape index (κ3) is 3.39. The number of nitrogens with one attached hydrogen (secondary N) is 1. The first-order valence-electron chi connectivity index (χ1n) is 7.03. The molecule has 0 spiro atoms. The Morgan fingerprint density at radius 3 is 2.46 bits per heavy atom. The third-order valence-electron chi connectivity index (χ3n) is 3.40. The quantitative estimate of drug-likeness (QED) is 0.636. The van der Waals surface area contributed by atoms with Crippen LogP contribution in [0.2, 0.25) is 0 Å². The molecular formula is C18H12BrNO3S. The van der Waals surface area contributed by atoms with E-state index >= 15 is 0 Å². The minimum Gasteiger partial charge on any atom is -0.478 e. The molecule has 0 radical (unpaired) electrons. The number of halogens is 1. The van der Waals surface area contributed by atoms with E-state index in [0.29, 0.717) is 16.1 Å². The number of hydrogen-bond donors (Lipinski definition) is 2. The zero-order valence-corrected chi connectivity index (χ0v) is 14.7. The van der Waals surface area contributed by atoms with E-state index in [1.54, 1.807) is 23.6 Å². The second-order valence-corrected chi connectivity index (χ2v) is 6.78. The Morgan fingerprint density at radius 1 is 1.04 bits per heavy atom. The van der Waals surface area contributed by atoms with Crippen LogP contribution in [0.3, 0.4) is 0 Å². The predicted molar refractivity (Wildman–Crippen MR) is 98.8 cm³/mol. The Kier molecular flexibility index (Phi) is 4.78. The molecule has 1 aromatic heterocycles. The summed E-state index contributed by atoms with van der Waals surface area (Å²) in [6.07, 6.45) is 0.